The summed E-state index contributed by atoms with van der Waals surface area (Å²) in [6.07, 6.45) is -2.85. The minimum absolute atomic E-state index is 0.161. The lowest BCUT2D eigenvalue weighted by Gasteiger charge is -2.29. The Balaban J connectivity index is 2.08. The van der Waals surface area contributed by atoms with Gasteiger partial charge in [-0.15, -0.1) is 0 Å². The van der Waals surface area contributed by atoms with E-state index in [2.05, 4.69) is 15.7 Å². The number of hydrogen-bond acceptors (Lipinski definition) is 5. The first-order valence-electron chi connectivity index (χ1n) is 9.86. The van der Waals surface area contributed by atoms with Gasteiger partial charge in [-0.05, 0) is 24.3 Å². The average molecular weight is 614 g/mol. The summed E-state index contributed by atoms with van der Waals surface area (Å²) >= 11 is 36.2. The molecule has 36 heavy (non-hydrogen) atoms. The molecule has 0 aliphatic carbocycles. The highest BCUT2D eigenvalue weighted by Gasteiger charge is 2.41. The number of carbonyl (C=O) groups excluding carboxylic acids is 2. The van der Waals surface area contributed by atoms with Crippen molar-refractivity contribution in [1.29, 1.82) is 0 Å². The van der Waals surface area contributed by atoms with Crippen LogP contribution in [0, 0.1) is 0 Å². The van der Waals surface area contributed by atoms with Gasteiger partial charge in [0.25, 0.3) is 17.4 Å². The Kier molecular flexibility index (Phi) is 8.97. The predicted molar refractivity (Wildman–Crippen MR) is 139 cm³/mol. The zero-order valence-electron chi connectivity index (χ0n) is 17.7. The SMILES string of the molecule is O=C(N[C@H](n1c(=O)cnn([C@H](NC(=O)c2ccccc2)C(Cl)(Cl)Cl)c1=O)C(Cl)(Cl)Cl)c1ccccc1. The Morgan fingerprint density at radius 3 is 1.56 bits per heavy atom. The van der Waals surface area contributed by atoms with Crippen molar-refractivity contribution in [2.75, 3.05) is 0 Å². The zero-order valence-corrected chi connectivity index (χ0v) is 22.3. The molecule has 0 aliphatic rings. The third-order valence-electron chi connectivity index (χ3n) is 4.66. The number of amides is 2. The van der Waals surface area contributed by atoms with Crippen molar-refractivity contribution in [3.05, 3.63) is 98.8 Å². The molecule has 0 unspecified atom stereocenters. The topological polar surface area (TPSA) is 115 Å². The van der Waals surface area contributed by atoms with Crippen LogP contribution in [-0.2, 0) is 0 Å². The molecule has 3 aromatic rings. The fourth-order valence-corrected chi connectivity index (χ4v) is 3.91. The summed E-state index contributed by atoms with van der Waals surface area (Å²) in [4.78, 5) is 51.5. The first-order valence-corrected chi connectivity index (χ1v) is 12.1. The third-order valence-corrected chi connectivity index (χ3v) is 5.90. The van der Waals surface area contributed by atoms with E-state index in [-0.39, 0.29) is 11.1 Å². The van der Waals surface area contributed by atoms with Crippen LogP contribution >= 0.6 is 69.6 Å². The number of halogens is 6. The van der Waals surface area contributed by atoms with E-state index in [0.717, 1.165) is 0 Å². The van der Waals surface area contributed by atoms with Crippen LogP contribution in [0.15, 0.2) is 76.4 Å². The van der Waals surface area contributed by atoms with Crippen LogP contribution < -0.4 is 21.9 Å². The van der Waals surface area contributed by atoms with E-state index in [0.29, 0.717) is 15.4 Å². The maximum absolute atomic E-state index is 13.4. The van der Waals surface area contributed by atoms with Gasteiger partial charge in [-0.1, -0.05) is 106 Å². The predicted octanol–water partition coefficient (Wildman–Crippen LogP) is 4.00. The van der Waals surface area contributed by atoms with Gasteiger partial charge < -0.3 is 10.6 Å². The Labute approximate surface area is 233 Å². The molecule has 1 heterocycles. The van der Waals surface area contributed by atoms with E-state index in [1.165, 1.54) is 24.3 Å². The maximum Gasteiger partial charge on any atom is 0.351 e. The molecular weight excluding hydrogens is 599 g/mol. The van der Waals surface area contributed by atoms with Crippen molar-refractivity contribution in [3.8, 4) is 0 Å². The summed E-state index contributed by atoms with van der Waals surface area (Å²) in [7, 11) is 0. The van der Waals surface area contributed by atoms with Crippen LogP contribution in [0.2, 0.25) is 0 Å². The maximum atomic E-state index is 13.4. The van der Waals surface area contributed by atoms with Gasteiger partial charge in [-0.25, -0.2) is 9.36 Å². The van der Waals surface area contributed by atoms with Crippen molar-refractivity contribution in [2.45, 2.75) is 19.9 Å². The number of nitrogens with zero attached hydrogens (tertiary/aromatic N) is 3. The van der Waals surface area contributed by atoms with Gasteiger partial charge in [0, 0.05) is 11.1 Å². The normalized spacial score (nSPS) is 13.5. The number of alkyl halides is 6. The highest BCUT2D eigenvalue weighted by Crippen LogP contribution is 2.37. The number of aromatic nitrogens is 3. The lowest BCUT2D eigenvalue weighted by atomic mass is 10.2. The molecule has 15 heteroatoms. The van der Waals surface area contributed by atoms with Gasteiger partial charge in [0.1, 0.15) is 6.20 Å². The van der Waals surface area contributed by atoms with E-state index >= 15 is 0 Å². The van der Waals surface area contributed by atoms with Crippen molar-refractivity contribution >= 4 is 81.4 Å². The second kappa shape index (κ2) is 11.4. The molecule has 2 atom stereocenters. The Hall–Kier alpha value is -2.27. The van der Waals surface area contributed by atoms with E-state index < -0.39 is 43.0 Å². The Morgan fingerprint density at radius 2 is 1.14 bits per heavy atom. The van der Waals surface area contributed by atoms with Crippen molar-refractivity contribution in [2.24, 2.45) is 0 Å². The number of hydrogen-bond donors (Lipinski definition) is 2. The summed E-state index contributed by atoms with van der Waals surface area (Å²) in [6.45, 7) is 0. The first-order chi connectivity index (χ1) is 16.8. The molecule has 190 valence electrons. The zero-order chi connectivity index (χ0) is 26.7. The van der Waals surface area contributed by atoms with E-state index in [9.17, 15) is 19.2 Å². The average Bonchev–Trinajstić information content (AvgIpc) is 2.82. The van der Waals surface area contributed by atoms with Crippen LogP contribution in [0.25, 0.3) is 0 Å². The summed E-state index contributed by atoms with van der Waals surface area (Å²) in [6, 6.07) is 15.7. The van der Waals surface area contributed by atoms with Crippen LogP contribution in [0.3, 0.4) is 0 Å². The van der Waals surface area contributed by atoms with Gasteiger partial charge in [-0.3, -0.25) is 14.4 Å². The number of rotatable bonds is 6. The van der Waals surface area contributed by atoms with Gasteiger partial charge in [0.05, 0.1) is 0 Å². The molecule has 2 aromatic carbocycles. The molecule has 0 fully saturated rings. The molecular formula is C21H15Cl6N5O4. The molecule has 0 saturated heterocycles. The van der Waals surface area contributed by atoms with E-state index in [4.69, 9.17) is 69.6 Å². The summed E-state index contributed by atoms with van der Waals surface area (Å²) in [5.74, 6) is -1.47. The third kappa shape index (κ3) is 6.73. The van der Waals surface area contributed by atoms with Gasteiger partial charge in [0.15, 0.2) is 12.3 Å². The lowest BCUT2D eigenvalue weighted by Crippen LogP contribution is -2.55. The molecule has 1 aromatic heterocycles. The van der Waals surface area contributed by atoms with Crippen molar-refractivity contribution in [1.82, 2.24) is 25.0 Å². The molecule has 0 bridgehead atoms. The number of carbonyl (C=O) groups is 2. The number of benzene rings is 2. The van der Waals surface area contributed by atoms with Gasteiger partial charge in [-0.2, -0.15) is 9.78 Å². The Morgan fingerprint density at radius 1 is 0.722 bits per heavy atom. The summed E-state index contributed by atoms with van der Waals surface area (Å²) in [5, 5.41) is 8.44. The largest absolute Gasteiger partial charge is 0.351 e. The second-order valence-electron chi connectivity index (χ2n) is 7.15. The quantitative estimate of drug-likeness (QED) is 0.408. The van der Waals surface area contributed by atoms with Crippen molar-refractivity contribution < 1.29 is 9.59 Å². The highest BCUT2D eigenvalue weighted by molar-refractivity contribution is 6.68. The van der Waals surface area contributed by atoms with Crippen LogP contribution in [0.5, 0.6) is 0 Å². The minimum atomic E-state index is -2.39. The molecule has 0 aliphatic heterocycles. The fourth-order valence-electron chi connectivity index (χ4n) is 3.01. The fraction of sp³-hybridized carbons (Fsp3) is 0.190. The highest BCUT2D eigenvalue weighted by atomic mass is 35.6. The monoisotopic (exact) mass is 611 g/mol. The molecule has 2 N–H and O–H groups in total. The van der Waals surface area contributed by atoms with Gasteiger partial charge >= 0.3 is 5.69 Å². The van der Waals surface area contributed by atoms with E-state index in [1.54, 1.807) is 36.4 Å². The lowest BCUT2D eigenvalue weighted by molar-refractivity contribution is 0.0912. The van der Waals surface area contributed by atoms with Gasteiger partial charge in [0.2, 0.25) is 7.59 Å². The Bertz CT molecular complexity index is 1350. The number of nitrogens with one attached hydrogen (secondary N) is 2. The van der Waals surface area contributed by atoms with Crippen LogP contribution in [0.4, 0.5) is 0 Å². The molecule has 0 spiro atoms. The molecule has 9 nitrogen and oxygen atoms in total. The van der Waals surface area contributed by atoms with Crippen LogP contribution in [-0.4, -0.2) is 33.7 Å². The standard InChI is InChI=1S/C21H15Cl6N5O4/c22-20(23,24)17(29-15(34)12-7-3-1-4-8-12)31-14(33)11-28-32(19(31)36)18(21(25,26)27)30-16(35)13-9-5-2-6-10-13/h1-11,17-18H,(H,29,34)(H,30,35)/t17-,18+/m1/s1. The summed E-state index contributed by atoms with van der Waals surface area (Å²) < 4.78 is -3.78. The molecule has 2 amide bonds. The molecule has 3 rings (SSSR count). The first kappa shape index (κ1) is 28.3. The molecule has 0 radical (unpaired) electrons. The summed E-state index contributed by atoms with van der Waals surface area (Å²) in [5.41, 5.74) is -1.95. The smallest absolute Gasteiger partial charge is 0.328 e. The second-order valence-corrected chi connectivity index (χ2v) is 11.9. The minimum Gasteiger partial charge on any atom is -0.328 e. The molecule has 0 saturated carbocycles. The van der Waals surface area contributed by atoms with Crippen LogP contribution in [0.1, 0.15) is 33.0 Å². The van der Waals surface area contributed by atoms with Crippen molar-refractivity contribution in [3.63, 3.8) is 0 Å². The van der Waals surface area contributed by atoms with E-state index in [1.807, 2.05) is 0 Å².